The normalized spacial score (nSPS) is 11.9. The molecule has 0 saturated carbocycles. The molecule has 0 spiro atoms. The maximum absolute atomic E-state index is 12.4. The zero-order valence-electron chi connectivity index (χ0n) is 16.8. The molecule has 0 radical (unpaired) electrons. The van der Waals surface area contributed by atoms with Gasteiger partial charge in [0.1, 0.15) is 11.6 Å². The molecule has 1 N–H and O–H groups in total. The smallest absolute Gasteiger partial charge is 0.239 e. The summed E-state index contributed by atoms with van der Waals surface area (Å²) in [6, 6.07) is 5.73. The SMILES string of the molecule is COc1cc(C)ccc1OCc1nnc(SC(C)C(=O)Nc2nnc(C)s2)n1C. The van der Waals surface area contributed by atoms with Gasteiger partial charge in [0.25, 0.3) is 0 Å². The van der Waals surface area contributed by atoms with Gasteiger partial charge in [-0.2, -0.15) is 0 Å². The highest BCUT2D eigenvalue weighted by atomic mass is 32.2. The van der Waals surface area contributed by atoms with Crippen LogP contribution in [0.2, 0.25) is 0 Å². The van der Waals surface area contributed by atoms with E-state index in [0.29, 0.717) is 27.6 Å². The number of carbonyl (C=O) groups excluding carboxylic acids is 1. The summed E-state index contributed by atoms with van der Waals surface area (Å²) in [4.78, 5) is 12.4. The lowest BCUT2D eigenvalue weighted by Gasteiger charge is -2.12. The van der Waals surface area contributed by atoms with Crippen LogP contribution < -0.4 is 14.8 Å². The molecule has 3 aromatic rings. The fraction of sp³-hybridized carbons (Fsp3) is 0.389. The molecular formula is C18H22N6O3S2. The lowest BCUT2D eigenvalue weighted by Crippen LogP contribution is -2.22. The molecule has 1 aromatic carbocycles. The number of benzene rings is 1. The summed E-state index contributed by atoms with van der Waals surface area (Å²) in [6.45, 7) is 5.85. The second-order valence-corrected chi connectivity index (χ2v) is 8.77. The molecule has 0 aliphatic rings. The van der Waals surface area contributed by atoms with Crippen molar-refractivity contribution in [2.75, 3.05) is 12.4 Å². The van der Waals surface area contributed by atoms with Crippen LogP contribution in [0.5, 0.6) is 11.5 Å². The van der Waals surface area contributed by atoms with Crippen molar-refractivity contribution >= 4 is 34.1 Å². The van der Waals surface area contributed by atoms with Crippen LogP contribution >= 0.6 is 23.1 Å². The Morgan fingerprint density at radius 1 is 1.24 bits per heavy atom. The van der Waals surface area contributed by atoms with Gasteiger partial charge in [-0.1, -0.05) is 29.2 Å². The number of rotatable bonds is 8. The third kappa shape index (κ3) is 5.24. The Kier molecular flexibility index (Phi) is 6.70. The summed E-state index contributed by atoms with van der Waals surface area (Å²) < 4.78 is 13.0. The van der Waals surface area contributed by atoms with E-state index in [-0.39, 0.29) is 17.8 Å². The molecule has 0 saturated heterocycles. The van der Waals surface area contributed by atoms with E-state index in [4.69, 9.17) is 9.47 Å². The van der Waals surface area contributed by atoms with Crippen LogP contribution in [0.1, 0.15) is 23.3 Å². The average Bonchev–Trinajstić information content (AvgIpc) is 3.26. The van der Waals surface area contributed by atoms with E-state index in [1.54, 1.807) is 14.0 Å². The standard InChI is InChI=1S/C18H22N6O3S2/c1-10-6-7-13(14(8-10)26-5)27-9-15-21-23-18(24(15)4)28-11(2)16(25)19-17-22-20-12(3)29-17/h6-8,11H,9H2,1-5H3,(H,19,22,25). The van der Waals surface area contributed by atoms with Crippen molar-refractivity contribution in [3.63, 3.8) is 0 Å². The van der Waals surface area contributed by atoms with Crippen LogP contribution in [-0.4, -0.2) is 43.2 Å². The number of hydrogen-bond donors (Lipinski definition) is 1. The fourth-order valence-corrected chi connectivity index (χ4v) is 3.80. The highest BCUT2D eigenvalue weighted by Crippen LogP contribution is 2.29. The number of nitrogens with one attached hydrogen (secondary N) is 1. The van der Waals surface area contributed by atoms with Crippen molar-refractivity contribution in [1.29, 1.82) is 0 Å². The fourth-order valence-electron chi connectivity index (χ4n) is 2.38. The van der Waals surface area contributed by atoms with Gasteiger partial charge in [-0.05, 0) is 38.5 Å². The maximum atomic E-state index is 12.4. The Morgan fingerprint density at radius 3 is 2.72 bits per heavy atom. The van der Waals surface area contributed by atoms with E-state index >= 15 is 0 Å². The Bertz CT molecular complexity index is 1000. The van der Waals surface area contributed by atoms with E-state index in [0.717, 1.165) is 10.6 Å². The molecule has 0 aliphatic carbocycles. The third-order valence-electron chi connectivity index (χ3n) is 4.01. The van der Waals surface area contributed by atoms with E-state index in [9.17, 15) is 4.79 Å². The molecule has 11 heteroatoms. The molecule has 2 heterocycles. The molecule has 2 aromatic heterocycles. The zero-order valence-corrected chi connectivity index (χ0v) is 18.4. The quantitative estimate of drug-likeness (QED) is 0.540. The van der Waals surface area contributed by atoms with Crippen molar-refractivity contribution in [2.45, 2.75) is 37.8 Å². The predicted molar refractivity (Wildman–Crippen MR) is 112 cm³/mol. The highest BCUT2D eigenvalue weighted by molar-refractivity contribution is 8.00. The molecule has 0 bridgehead atoms. The molecule has 1 amide bonds. The summed E-state index contributed by atoms with van der Waals surface area (Å²) in [6.07, 6.45) is 0. The summed E-state index contributed by atoms with van der Waals surface area (Å²) in [5, 5.41) is 20.4. The van der Waals surface area contributed by atoms with Gasteiger partial charge in [-0.25, -0.2) is 0 Å². The minimum atomic E-state index is -0.381. The number of amides is 1. The van der Waals surface area contributed by atoms with Crippen molar-refractivity contribution < 1.29 is 14.3 Å². The number of anilines is 1. The molecule has 9 nitrogen and oxygen atoms in total. The third-order valence-corrected chi connectivity index (χ3v) is 5.90. The molecule has 1 atom stereocenters. The summed E-state index contributed by atoms with van der Waals surface area (Å²) >= 11 is 2.64. The molecule has 0 fully saturated rings. The van der Waals surface area contributed by atoms with Gasteiger partial charge in [0, 0.05) is 7.05 Å². The van der Waals surface area contributed by atoms with Crippen LogP contribution in [0.3, 0.4) is 0 Å². The van der Waals surface area contributed by atoms with E-state index in [1.165, 1.54) is 23.1 Å². The molecular weight excluding hydrogens is 412 g/mol. The first kappa shape index (κ1) is 21.1. The van der Waals surface area contributed by atoms with Crippen LogP contribution in [0.25, 0.3) is 0 Å². The Labute approximate surface area is 176 Å². The Balaban J connectivity index is 1.61. The number of carbonyl (C=O) groups is 1. The first-order chi connectivity index (χ1) is 13.9. The zero-order chi connectivity index (χ0) is 21.0. The first-order valence-corrected chi connectivity index (χ1v) is 10.5. The number of nitrogens with zero attached hydrogens (tertiary/aromatic N) is 5. The second kappa shape index (κ2) is 9.23. The Morgan fingerprint density at radius 2 is 2.03 bits per heavy atom. The number of methoxy groups -OCH3 is 1. The number of hydrogen-bond acceptors (Lipinski definition) is 9. The van der Waals surface area contributed by atoms with Gasteiger partial charge >= 0.3 is 0 Å². The van der Waals surface area contributed by atoms with Gasteiger partial charge in [-0.3, -0.25) is 10.1 Å². The van der Waals surface area contributed by atoms with Crippen molar-refractivity contribution in [3.8, 4) is 11.5 Å². The van der Waals surface area contributed by atoms with Gasteiger partial charge in [-0.15, -0.1) is 20.4 Å². The van der Waals surface area contributed by atoms with E-state index in [1.807, 2.05) is 43.7 Å². The minimum absolute atomic E-state index is 0.170. The summed E-state index contributed by atoms with van der Waals surface area (Å²) in [7, 11) is 3.44. The van der Waals surface area contributed by atoms with E-state index < -0.39 is 0 Å². The predicted octanol–water partition coefficient (Wildman–Crippen LogP) is 2.99. The number of aryl methyl sites for hydroxylation is 2. The average molecular weight is 435 g/mol. The molecule has 154 valence electrons. The van der Waals surface area contributed by atoms with Crippen LogP contribution in [0.4, 0.5) is 5.13 Å². The van der Waals surface area contributed by atoms with Gasteiger partial charge < -0.3 is 14.0 Å². The first-order valence-electron chi connectivity index (χ1n) is 8.80. The second-order valence-electron chi connectivity index (χ2n) is 6.28. The minimum Gasteiger partial charge on any atom is -0.493 e. The van der Waals surface area contributed by atoms with Gasteiger partial charge in [0.2, 0.25) is 11.0 Å². The summed E-state index contributed by atoms with van der Waals surface area (Å²) in [5.41, 5.74) is 1.09. The monoisotopic (exact) mass is 434 g/mol. The number of thioether (sulfide) groups is 1. The van der Waals surface area contributed by atoms with E-state index in [2.05, 4.69) is 25.7 Å². The maximum Gasteiger partial charge on any atom is 0.239 e. The lowest BCUT2D eigenvalue weighted by molar-refractivity contribution is -0.115. The molecule has 1 unspecified atom stereocenters. The molecule has 3 rings (SSSR count). The topological polar surface area (TPSA) is 104 Å². The molecule has 29 heavy (non-hydrogen) atoms. The van der Waals surface area contributed by atoms with Crippen molar-refractivity contribution in [2.24, 2.45) is 7.05 Å². The summed E-state index contributed by atoms with van der Waals surface area (Å²) in [5.74, 6) is 1.77. The Hall–Kier alpha value is -2.66. The van der Waals surface area contributed by atoms with Crippen molar-refractivity contribution in [1.82, 2.24) is 25.0 Å². The largest absolute Gasteiger partial charge is 0.493 e. The van der Waals surface area contributed by atoms with Crippen LogP contribution in [0.15, 0.2) is 23.4 Å². The van der Waals surface area contributed by atoms with Gasteiger partial charge in [0.05, 0.1) is 12.4 Å². The number of aromatic nitrogens is 5. The van der Waals surface area contributed by atoms with Crippen molar-refractivity contribution in [3.05, 3.63) is 34.6 Å². The number of ether oxygens (including phenoxy) is 2. The van der Waals surface area contributed by atoms with Crippen LogP contribution in [-0.2, 0) is 18.4 Å². The lowest BCUT2D eigenvalue weighted by atomic mass is 10.2. The molecule has 0 aliphatic heterocycles. The van der Waals surface area contributed by atoms with Crippen LogP contribution in [0, 0.1) is 13.8 Å². The van der Waals surface area contributed by atoms with Gasteiger partial charge in [0.15, 0.2) is 22.5 Å². The highest BCUT2D eigenvalue weighted by Gasteiger charge is 2.20.